The van der Waals surface area contributed by atoms with Gasteiger partial charge in [0.15, 0.2) is 5.65 Å². The number of halogens is 2. The number of nitrogens with one attached hydrogen (secondary N) is 1. The molecule has 0 atom stereocenters. The molecular weight excluding hydrogens is 561 g/mol. The number of anilines is 1. The third-order valence-electron chi connectivity index (χ3n) is 4.20. The zero-order valence-corrected chi connectivity index (χ0v) is 19.8. The molecular formula is C18H15ClIN5O3S2. The monoisotopic (exact) mass is 575 g/mol. The molecule has 0 radical (unpaired) electrons. The Bertz CT molecular complexity index is 1310. The summed E-state index contributed by atoms with van der Waals surface area (Å²) in [6.45, 7) is 0.284. The molecule has 2 N–H and O–H groups in total. The van der Waals surface area contributed by atoms with E-state index in [1.165, 1.54) is 17.5 Å². The second-order valence-corrected chi connectivity index (χ2v) is 10.8. The van der Waals surface area contributed by atoms with Crippen molar-refractivity contribution in [2.24, 2.45) is 0 Å². The van der Waals surface area contributed by atoms with Gasteiger partial charge in [-0.1, -0.05) is 30.3 Å². The number of aliphatic hydroxyl groups is 1. The Morgan fingerprint density at radius 3 is 2.70 bits per heavy atom. The first kappa shape index (κ1) is 21.4. The van der Waals surface area contributed by atoms with Crippen molar-refractivity contribution in [1.82, 2.24) is 18.9 Å². The van der Waals surface area contributed by atoms with Crippen LogP contribution in [0.15, 0.2) is 42.7 Å². The van der Waals surface area contributed by atoms with Crippen molar-refractivity contribution in [3.8, 4) is 0 Å². The maximum Gasteiger partial charge on any atom is 0.244 e. The molecule has 0 saturated carbocycles. The summed E-state index contributed by atoms with van der Waals surface area (Å²) < 4.78 is 28.0. The van der Waals surface area contributed by atoms with E-state index in [2.05, 4.69) is 42.9 Å². The molecule has 8 nitrogen and oxygen atoms in total. The van der Waals surface area contributed by atoms with Gasteiger partial charge in [0.1, 0.15) is 10.8 Å². The van der Waals surface area contributed by atoms with Crippen LogP contribution in [0.3, 0.4) is 0 Å². The standard InChI is InChI=1S/C18H15ClIN5O3S2/c19-18-23-16(22-7-14-21-6-12(9-26)29-14)15-13(20)8-25(17(15)24-18)30(27,28)10-11-4-2-1-3-5-11/h1-6,8,26H,7,9-10H2,(H,22,23,24). The van der Waals surface area contributed by atoms with Gasteiger partial charge in [0, 0.05) is 16.0 Å². The molecule has 0 aliphatic heterocycles. The number of aliphatic hydroxyl groups excluding tert-OH is 1. The van der Waals surface area contributed by atoms with Crippen LogP contribution in [0.2, 0.25) is 5.28 Å². The van der Waals surface area contributed by atoms with E-state index in [4.69, 9.17) is 11.6 Å². The van der Waals surface area contributed by atoms with Crippen LogP contribution in [0.5, 0.6) is 0 Å². The normalized spacial score (nSPS) is 11.8. The predicted molar refractivity (Wildman–Crippen MR) is 125 cm³/mol. The molecule has 0 bridgehead atoms. The highest BCUT2D eigenvalue weighted by Crippen LogP contribution is 2.31. The first-order valence-corrected chi connectivity index (χ1v) is 12.5. The first-order valence-electron chi connectivity index (χ1n) is 8.67. The predicted octanol–water partition coefficient (Wildman–Crippen LogP) is 3.63. The lowest BCUT2D eigenvalue weighted by Gasteiger charge is -2.09. The van der Waals surface area contributed by atoms with Crippen LogP contribution in [-0.2, 0) is 28.9 Å². The Morgan fingerprint density at radius 1 is 1.23 bits per heavy atom. The summed E-state index contributed by atoms with van der Waals surface area (Å²) in [5.74, 6) is 0.255. The summed E-state index contributed by atoms with van der Waals surface area (Å²) in [6.07, 6.45) is 3.13. The van der Waals surface area contributed by atoms with Gasteiger partial charge in [-0.05, 0) is 39.8 Å². The van der Waals surface area contributed by atoms with Gasteiger partial charge in [0.25, 0.3) is 0 Å². The highest BCUT2D eigenvalue weighted by atomic mass is 127. The Balaban J connectivity index is 1.71. The largest absolute Gasteiger partial charge is 0.391 e. The minimum atomic E-state index is -3.72. The number of nitrogens with zero attached hydrogens (tertiary/aromatic N) is 4. The fourth-order valence-corrected chi connectivity index (χ4v) is 6.15. The maximum absolute atomic E-state index is 13.1. The number of thiazole rings is 1. The van der Waals surface area contributed by atoms with E-state index in [9.17, 15) is 13.5 Å². The topological polar surface area (TPSA) is 110 Å². The van der Waals surface area contributed by atoms with Crippen molar-refractivity contribution in [2.75, 3.05) is 5.32 Å². The second kappa shape index (κ2) is 8.75. The molecule has 156 valence electrons. The van der Waals surface area contributed by atoms with E-state index in [1.807, 2.05) is 6.07 Å². The lowest BCUT2D eigenvalue weighted by Crippen LogP contribution is -2.15. The molecule has 0 aliphatic carbocycles. The van der Waals surface area contributed by atoms with Gasteiger partial charge >= 0.3 is 0 Å². The highest BCUT2D eigenvalue weighted by molar-refractivity contribution is 14.1. The first-order chi connectivity index (χ1) is 14.4. The van der Waals surface area contributed by atoms with Crippen LogP contribution >= 0.6 is 45.5 Å². The summed E-state index contributed by atoms with van der Waals surface area (Å²) in [5.41, 5.74) is 0.893. The number of rotatable bonds is 7. The summed E-state index contributed by atoms with van der Waals surface area (Å²) in [7, 11) is -3.72. The lowest BCUT2D eigenvalue weighted by molar-refractivity contribution is 0.285. The van der Waals surface area contributed by atoms with E-state index in [0.717, 1.165) is 13.9 Å². The van der Waals surface area contributed by atoms with Crippen molar-refractivity contribution in [1.29, 1.82) is 0 Å². The van der Waals surface area contributed by atoms with E-state index >= 15 is 0 Å². The molecule has 0 spiro atoms. The molecule has 3 heterocycles. The van der Waals surface area contributed by atoms with Crippen molar-refractivity contribution in [3.63, 3.8) is 0 Å². The molecule has 30 heavy (non-hydrogen) atoms. The smallest absolute Gasteiger partial charge is 0.244 e. The average molecular weight is 576 g/mol. The fourth-order valence-electron chi connectivity index (χ4n) is 2.89. The number of hydrogen-bond acceptors (Lipinski definition) is 8. The van der Waals surface area contributed by atoms with Gasteiger partial charge in [0.2, 0.25) is 15.3 Å². The third kappa shape index (κ3) is 4.44. The number of benzene rings is 1. The summed E-state index contributed by atoms with van der Waals surface area (Å²) in [5, 5.41) is 13.6. The van der Waals surface area contributed by atoms with Crippen LogP contribution in [0.4, 0.5) is 5.82 Å². The van der Waals surface area contributed by atoms with E-state index in [-0.39, 0.29) is 23.3 Å². The van der Waals surface area contributed by atoms with Crippen molar-refractivity contribution in [2.45, 2.75) is 18.9 Å². The van der Waals surface area contributed by atoms with Crippen LogP contribution in [0.25, 0.3) is 11.0 Å². The average Bonchev–Trinajstić information content (AvgIpc) is 3.31. The molecule has 0 saturated heterocycles. The van der Waals surface area contributed by atoms with Gasteiger partial charge in [-0.25, -0.2) is 17.4 Å². The minimum absolute atomic E-state index is 0.0640. The Hall–Kier alpha value is -1.80. The molecule has 0 fully saturated rings. The lowest BCUT2D eigenvalue weighted by atomic mass is 10.2. The van der Waals surface area contributed by atoms with E-state index in [0.29, 0.717) is 26.9 Å². The maximum atomic E-state index is 13.1. The van der Waals surface area contributed by atoms with Crippen LogP contribution < -0.4 is 5.32 Å². The van der Waals surface area contributed by atoms with Gasteiger partial charge in [-0.3, -0.25) is 0 Å². The van der Waals surface area contributed by atoms with Crippen molar-refractivity contribution >= 4 is 72.4 Å². The fraction of sp³-hybridized carbons (Fsp3) is 0.167. The number of fused-ring (bicyclic) bond motifs is 1. The molecule has 0 unspecified atom stereocenters. The zero-order valence-electron chi connectivity index (χ0n) is 15.3. The summed E-state index contributed by atoms with van der Waals surface area (Å²) in [6, 6.07) is 8.95. The van der Waals surface area contributed by atoms with E-state index < -0.39 is 10.0 Å². The van der Waals surface area contributed by atoms with Crippen LogP contribution in [0, 0.1) is 3.57 Å². The Kier molecular flexibility index (Phi) is 6.25. The molecule has 1 aromatic carbocycles. The van der Waals surface area contributed by atoms with Gasteiger partial charge in [-0.2, -0.15) is 9.97 Å². The van der Waals surface area contributed by atoms with Gasteiger partial charge in [-0.15, -0.1) is 11.3 Å². The summed E-state index contributed by atoms with van der Waals surface area (Å²) in [4.78, 5) is 13.4. The molecule has 0 aliphatic rings. The van der Waals surface area contributed by atoms with Crippen molar-refractivity contribution in [3.05, 3.63) is 67.0 Å². The molecule has 0 amide bonds. The molecule has 4 aromatic rings. The van der Waals surface area contributed by atoms with Crippen molar-refractivity contribution < 1.29 is 13.5 Å². The van der Waals surface area contributed by atoms with Crippen LogP contribution in [0.1, 0.15) is 15.4 Å². The quantitative estimate of drug-likeness (QED) is 0.256. The Morgan fingerprint density at radius 2 is 2.00 bits per heavy atom. The molecule has 3 aromatic heterocycles. The van der Waals surface area contributed by atoms with Gasteiger partial charge in [0.05, 0.1) is 29.2 Å². The zero-order chi connectivity index (χ0) is 21.3. The van der Waals surface area contributed by atoms with Crippen LogP contribution in [-0.4, -0.2) is 32.4 Å². The minimum Gasteiger partial charge on any atom is -0.391 e. The molecule has 4 rings (SSSR count). The van der Waals surface area contributed by atoms with E-state index in [1.54, 1.807) is 30.5 Å². The third-order valence-corrected chi connectivity index (χ3v) is 7.74. The highest BCUT2D eigenvalue weighted by Gasteiger charge is 2.23. The van der Waals surface area contributed by atoms with Gasteiger partial charge < -0.3 is 10.4 Å². The Labute approximate surface area is 195 Å². The summed E-state index contributed by atoms with van der Waals surface area (Å²) >= 11 is 9.54. The molecule has 12 heteroatoms. The number of aromatic nitrogens is 4. The number of hydrogen-bond donors (Lipinski definition) is 2. The second-order valence-electron chi connectivity index (χ2n) is 6.29. The SMILES string of the molecule is O=S(=O)(Cc1ccccc1)n1cc(I)c2c(NCc3ncc(CO)s3)nc(Cl)nc21.